The Hall–Kier alpha value is -6.30. The molecular weight excluding hydrogens is 705 g/mol. The van der Waals surface area contributed by atoms with Crippen LogP contribution in [0, 0.1) is 0 Å². The Morgan fingerprint density at radius 3 is 1.68 bits per heavy atom. The highest BCUT2D eigenvalue weighted by Gasteiger charge is 2.36. The van der Waals surface area contributed by atoms with E-state index in [0.717, 1.165) is 36.8 Å². The molecule has 0 spiro atoms. The molecule has 0 radical (unpaired) electrons. The van der Waals surface area contributed by atoms with Gasteiger partial charge in [0.05, 0.1) is 45.3 Å². The average molecular weight is 751 g/mol. The largest absolute Gasteiger partial charge is 0.322 e. The third kappa shape index (κ3) is 6.80. The molecule has 0 fully saturated rings. The maximum Gasteiger partial charge on any atom is 0.322 e. The van der Waals surface area contributed by atoms with Crippen molar-refractivity contribution >= 4 is 45.2 Å². The predicted molar refractivity (Wildman–Crippen MR) is 220 cm³/mol. The van der Waals surface area contributed by atoms with Crippen LogP contribution in [0.15, 0.2) is 107 Å². The van der Waals surface area contributed by atoms with E-state index in [1.165, 1.54) is 0 Å². The molecule has 56 heavy (non-hydrogen) atoms. The second-order valence-corrected chi connectivity index (χ2v) is 14.5. The number of para-hydroxylation sites is 3. The zero-order chi connectivity index (χ0) is 38.8. The zero-order valence-electron chi connectivity index (χ0n) is 31.8. The molecule has 2 aliphatic rings. The number of hydrogen-bond acceptors (Lipinski definition) is 6. The molecule has 8 rings (SSSR count). The van der Waals surface area contributed by atoms with E-state index in [1.54, 1.807) is 37.1 Å². The lowest BCUT2D eigenvalue weighted by Gasteiger charge is -2.31. The molecule has 2 aliphatic heterocycles. The lowest BCUT2D eigenvalue weighted by atomic mass is 10.0. The van der Waals surface area contributed by atoms with Gasteiger partial charge in [0.25, 0.3) is 11.1 Å². The number of nitrogens with zero attached hydrogens (tertiary/aromatic N) is 6. The summed E-state index contributed by atoms with van der Waals surface area (Å²) in [5.74, 6) is 1.16. The highest BCUT2D eigenvalue weighted by atomic mass is 16.2. The van der Waals surface area contributed by atoms with Crippen LogP contribution in [-0.2, 0) is 13.1 Å². The van der Waals surface area contributed by atoms with Crippen molar-refractivity contribution in [3.8, 4) is 11.1 Å². The summed E-state index contributed by atoms with van der Waals surface area (Å²) in [6, 6.07) is 28.5. The molecule has 12 nitrogen and oxygen atoms in total. The van der Waals surface area contributed by atoms with Gasteiger partial charge in [0, 0.05) is 31.7 Å². The van der Waals surface area contributed by atoms with Gasteiger partial charge in [-0.2, -0.15) is 0 Å². The number of amides is 4. The summed E-state index contributed by atoms with van der Waals surface area (Å²) in [5.41, 5.74) is 3.52. The third-order valence-corrected chi connectivity index (χ3v) is 11.0. The van der Waals surface area contributed by atoms with Crippen molar-refractivity contribution < 1.29 is 9.59 Å². The van der Waals surface area contributed by atoms with Crippen molar-refractivity contribution in [3.63, 3.8) is 0 Å². The first-order valence-corrected chi connectivity index (χ1v) is 19.7. The first kappa shape index (κ1) is 36.7. The van der Waals surface area contributed by atoms with E-state index in [4.69, 9.17) is 9.97 Å². The summed E-state index contributed by atoms with van der Waals surface area (Å²) < 4.78 is 3.39. The second kappa shape index (κ2) is 15.8. The van der Waals surface area contributed by atoms with Crippen LogP contribution >= 0.6 is 0 Å². The Bertz CT molecular complexity index is 2550. The van der Waals surface area contributed by atoms with E-state index in [2.05, 4.69) is 24.5 Å². The minimum atomic E-state index is -0.417. The van der Waals surface area contributed by atoms with Crippen molar-refractivity contribution in [2.45, 2.75) is 77.5 Å². The van der Waals surface area contributed by atoms with Gasteiger partial charge in [-0.1, -0.05) is 93.4 Å². The Morgan fingerprint density at radius 1 is 0.643 bits per heavy atom. The van der Waals surface area contributed by atoms with E-state index < -0.39 is 12.1 Å². The number of fused-ring (bicyclic) bond motifs is 4. The molecule has 0 aliphatic carbocycles. The van der Waals surface area contributed by atoms with Crippen molar-refractivity contribution in [1.82, 2.24) is 28.9 Å². The van der Waals surface area contributed by atoms with Crippen molar-refractivity contribution in [2.75, 3.05) is 23.7 Å². The van der Waals surface area contributed by atoms with Crippen molar-refractivity contribution in [2.24, 2.45) is 0 Å². The molecule has 6 aromatic rings. The molecule has 4 amide bonds. The van der Waals surface area contributed by atoms with Gasteiger partial charge in [0.15, 0.2) is 0 Å². The van der Waals surface area contributed by atoms with E-state index in [1.807, 2.05) is 78.9 Å². The first-order valence-electron chi connectivity index (χ1n) is 19.7. The summed E-state index contributed by atoms with van der Waals surface area (Å²) in [5, 5.41) is 7.52. The SMILES string of the molecule is CCCCN(C(=O)Nc1cccc(-c2ccccc2)c1NC(=O)N(CCCC)C1CCn2c1nc1ccccc1c2=O)C1CCn2c1nc1ccccc1c2=O. The predicted octanol–water partition coefficient (Wildman–Crippen LogP) is 8.33. The molecule has 2 atom stereocenters. The molecule has 0 saturated carbocycles. The van der Waals surface area contributed by atoms with Gasteiger partial charge in [0.1, 0.15) is 11.6 Å². The molecule has 2 N–H and O–H groups in total. The molecule has 286 valence electrons. The molecule has 4 aromatic carbocycles. The number of hydrogen-bond donors (Lipinski definition) is 2. The number of anilines is 2. The quantitative estimate of drug-likeness (QED) is 0.137. The standard InChI is InChI=1S/C44H46N8O4/c1-3-5-25-49(36-23-27-51-39(36)45-33-20-12-10-17-31(33)41(51)53)43(55)47-35-22-14-19-30(29-15-8-7-9-16-29)38(35)48-44(56)50(26-6-4-2)37-24-28-52-40(37)46-34-21-13-11-18-32(34)42(52)54/h7-22,36-37H,3-6,23-28H2,1-2H3,(H,47,55)(H,48,56). The van der Waals surface area contributed by atoms with Gasteiger partial charge in [-0.3, -0.25) is 18.7 Å². The molecular formula is C44H46N8O4. The summed E-state index contributed by atoms with van der Waals surface area (Å²) in [6.07, 6.45) is 4.37. The Labute approximate surface area is 324 Å². The number of rotatable bonds is 11. The molecule has 12 heteroatoms. The maximum atomic E-state index is 14.7. The number of nitrogens with one attached hydrogen (secondary N) is 2. The van der Waals surface area contributed by atoms with E-state index in [9.17, 15) is 19.2 Å². The maximum absolute atomic E-state index is 14.7. The number of unbranched alkanes of at least 4 members (excludes halogenated alkanes) is 2. The normalized spacial score (nSPS) is 15.8. The molecule has 0 saturated heterocycles. The molecule has 0 bridgehead atoms. The van der Waals surface area contributed by atoms with Crippen LogP contribution in [0.2, 0.25) is 0 Å². The fourth-order valence-corrected chi connectivity index (χ4v) is 8.13. The van der Waals surface area contributed by atoms with Gasteiger partial charge >= 0.3 is 12.1 Å². The van der Waals surface area contributed by atoms with Crippen LogP contribution in [0.5, 0.6) is 0 Å². The Morgan fingerprint density at radius 2 is 1.14 bits per heavy atom. The van der Waals surface area contributed by atoms with Crippen LogP contribution in [0.3, 0.4) is 0 Å². The highest BCUT2D eigenvalue weighted by molar-refractivity contribution is 6.03. The average Bonchev–Trinajstić information content (AvgIpc) is 3.84. The van der Waals surface area contributed by atoms with E-state index in [-0.39, 0.29) is 23.2 Å². The summed E-state index contributed by atoms with van der Waals surface area (Å²) in [7, 11) is 0. The van der Waals surface area contributed by atoms with Gasteiger partial charge < -0.3 is 20.4 Å². The highest BCUT2D eigenvalue weighted by Crippen LogP contribution is 2.38. The summed E-state index contributed by atoms with van der Waals surface area (Å²) in [6.45, 7) is 6.00. The van der Waals surface area contributed by atoms with Gasteiger partial charge in [-0.25, -0.2) is 19.6 Å². The van der Waals surface area contributed by atoms with Crippen LogP contribution in [0.4, 0.5) is 21.0 Å². The van der Waals surface area contributed by atoms with Crippen LogP contribution in [-0.4, -0.2) is 54.1 Å². The fraction of sp³-hybridized carbons (Fsp3) is 0.318. The Kier molecular flexibility index (Phi) is 10.4. The number of carbonyl (C=O) groups is 2. The Balaban J connectivity index is 1.15. The molecule has 4 heterocycles. The topological polar surface area (TPSA) is 134 Å². The van der Waals surface area contributed by atoms with Crippen LogP contribution in [0.1, 0.15) is 76.1 Å². The molecule has 2 aromatic heterocycles. The zero-order valence-corrected chi connectivity index (χ0v) is 31.8. The monoisotopic (exact) mass is 750 g/mol. The number of urea groups is 2. The minimum Gasteiger partial charge on any atom is -0.314 e. The third-order valence-electron chi connectivity index (χ3n) is 11.0. The number of benzene rings is 4. The minimum absolute atomic E-state index is 0.102. The summed E-state index contributed by atoms with van der Waals surface area (Å²) >= 11 is 0. The van der Waals surface area contributed by atoms with Crippen molar-refractivity contribution in [3.05, 3.63) is 129 Å². The van der Waals surface area contributed by atoms with Crippen molar-refractivity contribution in [1.29, 1.82) is 0 Å². The fourth-order valence-electron chi connectivity index (χ4n) is 8.13. The first-order chi connectivity index (χ1) is 27.4. The lowest BCUT2D eigenvalue weighted by Crippen LogP contribution is -2.40. The number of aromatic nitrogens is 4. The molecule has 2 unspecified atom stereocenters. The van der Waals surface area contributed by atoms with Crippen LogP contribution in [0.25, 0.3) is 32.9 Å². The smallest absolute Gasteiger partial charge is 0.314 e. The van der Waals surface area contributed by atoms with Gasteiger partial charge in [0.2, 0.25) is 0 Å². The van der Waals surface area contributed by atoms with E-state index in [0.29, 0.717) is 83.9 Å². The van der Waals surface area contributed by atoms with Gasteiger partial charge in [-0.05, 0) is 61.6 Å². The van der Waals surface area contributed by atoms with Crippen LogP contribution < -0.4 is 21.8 Å². The number of carbonyl (C=O) groups excluding carboxylic acids is 2. The summed E-state index contributed by atoms with van der Waals surface area (Å²) in [4.78, 5) is 69.6. The van der Waals surface area contributed by atoms with E-state index >= 15 is 0 Å². The van der Waals surface area contributed by atoms with Gasteiger partial charge in [-0.15, -0.1) is 0 Å². The lowest BCUT2D eigenvalue weighted by molar-refractivity contribution is 0.184. The second-order valence-electron chi connectivity index (χ2n) is 14.5.